The number of hydrogen-bond donors (Lipinski definition) is 2. The van der Waals surface area contributed by atoms with Crippen molar-refractivity contribution in [2.75, 3.05) is 32.7 Å². The van der Waals surface area contributed by atoms with E-state index < -0.39 is 0 Å². The third-order valence-electron chi connectivity index (χ3n) is 5.90. The first kappa shape index (κ1) is 14.8. The third-order valence-corrected chi connectivity index (χ3v) is 5.90. The van der Waals surface area contributed by atoms with E-state index in [1.54, 1.807) is 0 Å². The van der Waals surface area contributed by atoms with Crippen molar-refractivity contribution in [3.8, 4) is 0 Å². The molecule has 0 bridgehead atoms. The Morgan fingerprint density at radius 1 is 1.05 bits per heavy atom. The summed E-state index contributed by atoms with van der Waals surface area (Å²) in [5, 5.41) is 7.61. The minimum Gasteiger partial charge on any atom is -0.314 e. The minimum atomic E-state index is 0.786. The summed E-state index contributed by atoms with van der Waals surface area (Å²) in [5.74, 6) is 1.85. The Kier molecular flexibility index (Phi) is 5.36. The molecule has 1 saturated carbocycles. The van der Waals surface area contributed by atoms with Crippen molar-refractivity contribution in [2.24, 2.45) is 11.8 Å². The number of piperidine rings is 1. The largest absolute Gasteiger partial charge is 0.314 e. The second-order valence-corrected chi connectivity index (χ2v) is 7.38. The van der Waals surface area contributed by atoms with E-state index in [2.05, 4.69) is 22.5 Å². The average Bonchev–Trinajstić information content (AvgIpc) is 3.11. The lowest BCUT2D eigenvalue weighted by Gasteiger charge is -2.31. The normalized spacial score (nSPS) is 36.8. The van der Waals surface area contributed by atoms with Crippen molar-refractivity contribution in [1.82, 2.24) is 15.5 Å². The van der Waals surface area contributed by atoms with Crippen molar-refractivity contribution in [2.45, 2.75) is 64.0 Å². The fraction of sp³-hybridized carbons (Fsp3) is 1.00. The monoisotopic (exact) mass is 279 g/mol. The van der Waals surface area contributed by atoms with Gasteiger partial charge in [0.25, 0.3) is 0 Å². The van der Waals surface area contributed by atoms with Crippen LogP contribution in [0.3, 0.4) is 0 Å². The number of likely N-dealkylation sites (tertiary alicyclic amines) is 1. The van der Waals surface area contributed by atoms with Gasteiger partial charge in [-0.2, -0.15) is 0 Å². The maximum Gasteiger partial charge on any atom is 0.0111 e. The fourth-order valence-corrected chi connectivity index (χ4v) is 4.49. The van der Waals surface area contributed by atoms with Crippen LogP contribution >= 0.6 is 0 Å². The molecule has 0 aromatic heterocycles. The van der Waals surface area contributed by atoms with Crippen molar-refractivity contribution >= 4 is 0 Å². The summed E-state index contributed by atoms with van der Waals surface area (Å²) in [6, 6.07) is 1.60. The highest BCUT2D eigenvalue weighted by Crippen LogP contribution is 2.31. The van der Waals surface area contributed by atoms with Crippen LogP contribution in [0.2, 0.25) is 0 Å². The van der Waals surface area contributed by atoms with Gasteiger partial charge in [0.05, 0.1) is 0 Å². The van der Waals surface area contributed by atoms with Gasteiger partial charge in [0.15, 0.2) is 0 Å². The molecule has 0 amide bonds. The van der Waals surface area contributed by atoms with E-state index in [-0.39, 0.29) is 0 Å². The van der Waals surface area contributed by atoms with E-state index in [0.717, 1.165) is 23.9 Å². The molecule has 3 atom stereocenters. The topological polar surface area (TPSA) is 27.3 Å². The van der Waals surface area contributed by atoms with Gasteiger partial charge in [-0.3, -0.25) is 0 Å². The predicted octanol–water partition coefficient (Wildman–Crippen LogP) is 2.23. The van der Waals surface area contributed by atoms with Gasteiger partial charge >= 0.3 is 0 Å². The average molecular weight is 279 g/mol. The van der Waals surface area contributed by atoms with Crippen molar-refractivity contribution in [3.63, 3.8) is 0 Å². The zero-order chi connectivity index (χ0) is 13.8. The first-order valence-electron chi connectivity index (χ1n) is 9.02. The molecule has 2 heterocycles. The SMILES string of the molecule is CC1CCN(CCNC2CCCC2C2CCCN2)CC1. The molecule has 20 heavy (non-hydrogen) atoms. The van der Waals surface area contributed by atoms with Crippen LogP contribution < -0.4 is 10.6 Å². The molecule has 116 valence electrons. The minimum absolute atomic E-state index is 0.786. The summed E-state index contributed by atoms with van der Waals surface area (Å²) in [6.45, 7) is 8.74. The molecule has 0 aromatic carbocycles. The summed E-state index contributed by atoms with van der Waals surface area (Å²) < 4.78 is 0. The molecular formula is C17H33N3. The molecule has 1 aliphatic carbocycles. The van der Waals surface area contributed by atoms with Gasteiger partial charge in [0, 0.05) is 25.2 Å². The molecule has 3 heteroatoms. The number of hydrogen-bond acceptors (Lipinski definition) is 3. The lowest BCUT2D eigenvalue weighted by molar-refractivity contribution is 0.188. The summed E-state index contributed by atoms with van der Waals surface area (Å²) in [5.41, 5.74) is 0. The Balaban J connectivity index is 1.37. The van der Waals surface area contributed by atoms with Crippen LogP contribution in [0.4, 0.5) is 0 Å². The van der Waals surface area contributed by atoms with E-state index in [1.807, 2.05) is 0 Å². The Hall–Kier alpha value is -0.120. The van der Waals surface area contributed by atoms with Crippen LogP contribution in [-0.4, -0.2) is 49.7 Å². The highest BCUT2D eigenvalue weighted by atomic mass is 15.1. The zero-order valence-electron chi connectivity index (χ0n) is 13.2. The molecule has 2 saturated heterocycles. The Morgan fingerprint density at radius 3 is 2.65 bits per heavy atom. The van der Waals surface area contributed by atoms with Gasteiger partial charge in [0.1, 0.15) is 0 Å². The smallest absolute Gasteiger partial charge is 0.0111 e. The molecule has 2 N–H and O–H groups in total. The van der Waals surface area contributed by atoms with Gasteiger partial charge in [-0.25, -0.2) is 0 Å². The maximum absolute atomic E-state index is 3.89. The van der Waals surface area contributed by atoms with E-state index in [1.165, 1.54) is 77.7 Å². The third kappa shape index (κ3) is 3.75. The lowest BCUT2D eigenvalue weighted by Crippen LogP contribution is -2.45. The number of rotatable bonds is 5. The van der Waals surface area contributed by atoms with Crippen LogP contribution in [0.1, 0.15) is 51.9 Å². The second kappa shape index (κ2) is 7.24. The van der Waals surface area contributed by atoms with Gasteiger partial charge in [-0.1, -0.05) is 13.3 Å². The van der Waals surface area contributed by atoms with Gasteiger partial charge in [0.2, 0.25) is 0 Å². The molecular weight excluding hydrogens is 246 g/mol. The van der Waals surface area contributed by atoms with Gasteiger partial charge in [-0.05, 0) is 70.0 Å². The Labute approximate surface area is 124 Å². The molecule has 0 aromatic rings. The first-order valence-corrected chi connectivity index (χ1v) is 9.02. The Morgan fingerprint density at radius 2 is 1.90 bits per heavy atom. The Bertz CT molecular complexity index is 280. The van der Waals surface area contributed by atoms with Crippen molar-refractivity contribution in [1.29, 1.82) is 0 Å². The van der Waals surface area contributed by atoms with Crippen LogP contribution in [-0.2, 0) is 0 Å². The van der Waals surface area contributed by atoms with Crippen LogP contribution in [0.5, 0.6) is 0 Å². The zero-order valence-corrected chi connectivity index (χ0v) is 13.2. The molecule has 3 rings (SSSR count). The molecule has 3 nitrogen and oxygen atoms in total. The summed E-state index contributed by atoms with van der Waals surface area (Å²) in [4.78, 5) is 2.66. The van der Waals surface area contributed by atoms with Gasteiger partial charge in [-0.15, -0.1) is 0 Å². The van der Waals surface area contributed by atoms with Crippen molar-refractivity contribution in [3.05, 3.63) is 0 Å². The highest BCUT2D eigenvalue weighted by Gasteiger charge is 2.34. The van der Waals surface area contributed by atoms with E-state index in [9.17, 15) is 0 Å². The lowest BCUT2D eigenvalue weighted by atomic mass is 9.93. The van der Waals surface area contributed by atoms with E-state index in [0.29, 0.717) is 0 Å². The summed E-state index contributed by atoms with van der Waals surface area (Å²) in [6.07, 6.45) is 9.88. The van der Waals surface area contributed by atoms with E-state index in [4.69, 9.17) is 0 Å². The standard InChI is InChI=1S/C17H33N3/c1-14-7-11-20(12-8-14)13-10-19-16-5-2-4-15(16)17-6-3-9-18-17/h14-19H,2-13H2,1H3. The second-order valence-electron chi connectivity index (χ2n) is 7.38. The quantitative estimate of drug-likeness (QED) is 0.808. The first-order chi connectivity index (χ1) is 9.83. The summed E-state index contributed by atoms with van der Waals surface area (Å²) >= 11 is 0. The molecule has 0 radical (unpaired) electrons. The number of nitrogens with one attached hydrogen (secondary N) is 2. The maximum atomic E-state index is 3.89. The molecule has 3 unspecified atom stereocenters. The van der Waals surface area contributed by atoms with Gasteiger partial charge < -0.3 is 15.5 Å². The van der Waals surface area contributed by atoms with E-state index >= 15 is 0 Å². The molecule has 3 aliphatic rings. The summed E-state index contributed by atoms with van der Waals surface area (Å²) in [7, 11) is 0. The molecule has 2 aliphatic heterocycles. The predicted molar refractivity (Wildman–Crippen MR) is 85.0 cm³/mol. The number of nitrogens with zero attached hydrogens (tertiary/aromatic N) is 1. The molecule has 3 fully saturated rings. The van der Waals surface area contributed by atoms with Crippen LogP contribution in [0, 0.1) is 11.8 Å². The van der Waals surface area contributed by atoms with Crippen molar-refractivity contribution < 1.29 is 0 Å². The highest BCUT2D eigenvalue weighted by molar-refractivity contribution is 4.93. The fourth-order valence-electron chi connectivity index (χ4n) is 4.49. The van der Waals surface area contributed by atoms with Crippen LogP contribution in [0.15, 0.2) is 0 Å². The van der Waals surface area contributed by atoms with Crippen LogP contribution in [0.25, 0.3) is 0 Å². The molecule has 0 spiro atoms.